The summed E-state index contributed by atoms with van der Waals surface area (Å²) < 4.78 is 0. The van der Waals surface area contributed by atoms with Gasteiger partial charge in [-0.1, -0.05) is 6.92 Å². The maximum Gasteiger partial charge on any atom is 0.303 e. The summed E-state index contributed by atoms with van der Waals surface area (Å²) in [4.78, 5) is 22.7. The molecule has 1 amide bonds. The number of carboxylic acid groups (broad SMARTS) is 1. The van der Waals surface area contributed by atoms with Gasteiger partial charge in [0.2, 0.25) is 5.91 Å². The molecule has 18 heavy (non-hydrogen) atoms. The zero-order valence-electron chi connectivity index (χ0n) is 11.1. The van der Waals surface area contributed by atoms with Crippen LogP contribution < -0.4 is 5.32 Å². The summed E-state index contributed by atoms with van der Waals surface area (Å²) in [6.07, 6.45) is 7.00. The molecule has 0 heterocycles. The molecule has 2 rings (SSSR count). The first-order chi connectivity index (χ1) is 8.55. The molecule has 0 unspecified atom stereocenters. The van der Waals surface area contributed by atoms with E-state index in [1.807, 2.05) is 0 Å². The molecule has 102 valence electrons. The number of carboxylic acids is 1. The molecule has 0 aromatic heterocycles. The molecule has 0 bridgehead atoms. The third kappa shape index (κ3) is 3.03. The summed E-state index contributed by atoms with van der Waals surface area (Å²) in [6, 6.07) is 0.270. The molecule has 4 nitrogen and oxygen atoms in total. The van der Waals surface area contributed by atoms with Crippen molar-refractivity contribution in [1.82, 2.24) is 5.32 Å². The summed E-state index contributed by atoms with van der Waals surface area (Å²) in [7, 11) is 0. The molecule has 2 N–H and O–H groups in total. The van der Waals surface area contributed by atoms with E-state index in [-0.39, 0.29) is 23.8 Å². The average Bonchev–Trinajstić information content (AvgIpc) is 3.12. The van der Waals surface area contributed by atoms with Gasteiger partial charge < -0.3 is 10.4 Å². The predicted octanol–water partition coefficient (Wildman–Crippen LogP) is 2.33. The average molecular weight is 253 g/mol. The van der Waals surface area contributed by atoms with Crippen LogP contribution in [0.1, 0.15) is 58.3 Å². The minimum Gasteiger partial charge on any atom is -0.481 e. The molecule has 0 aliphatic heterocycles. The van der Waals surface area contributed by atoms with Crippen molar-refractivity contribution in [3.05, 3.63) is 0 Å². The largest absolute Gasteiger partial charge is 0.481 e. The molecule has 0 spiro atoms. The lowest BCUT2D eigenvalue weighted by molar-refractivity contribution is -0.138. The van der Waals surface area contributed by atoms with Gasteiger partial charge in [-0.3, -0.25) is 9.59 Å². The van der Waals surface area contributed by atoms with Gasteiger partial charge >= 0.3 is 5.97 Å². The molecule has 2 saturated carbocycles. The number of carbonyl (C=O) groups excluding carboxylic acids is 1. The van der Waals surface area contributed by atoms with E-state index < -0.39 is 5.97 Å². The first-order valence-electron chi connectivity index (χ1n) is 7.08. The van der Waals surface area contributed by atoms with Gasteiger partial charge in [0.25, 0.3) is 0 Å². The number of rotatable bonds is 5. The fraction of sp³-hybridized carbons (Fsp3) is 0.857. The summed E-state index contributed by atoms with van der Waals surface area (Å²) >= 11 is 0. The van der Waals surface area contributed by atoms with E-state index in [1.54, 1.807) is 0 Å². The van der Waals surface area contributed by atoms with Gasteiger partial charge in [-0.05, 0) is 50.9 Å². The molecule has 4 heteroatoms. The molecule has 2 aliphatic carbocycles. The Morgan fingerprint density at radius 1 is 1.22 bits per heavy atom. The lowest BCUT2D eigenvalue weighted by Gasteiger charge is -2.29. The number of nitrogens with one attached hydrogen (secondary N) is 1. The van der Waals surface area contributed by atoms with Gasteiger partial charge in [0.15, 0.2) is 0 Å². The second-order valence-corrected chi connectivity index (χ2v) is 5.92. The number of hydrogen-bond donors (Lipinski definition) is 2. The Hall–Kier alpha value is -1.06. The van der Waals surface area contributed by atoms with Crippen LogP contribution in [-0.2, 0) is 9.59 Å². The molecule has 2 aliphatic rings. The second-order valence-electron chi connectivity index (χ2n) is 5.92. The van der Waals surface area contributed by atoms with Crippen LogP contribution in [0.2, 0.25) is 0 Å². The third-order valence-corrected chi connectivity index (χ3v) is 4.66. The van der Waals surface area contributed by atoms with E-state index in [9.17, 15) is 9.59 Å². The summed E-state index contributed by atoms with van der Waals surface area (Å²) in [5.41, 5.74) is -0.0576. The van der Waals surface area contributed by atoms with Gasteiger partial charge in [0.05, 0.1) is 0 Å². The van der Waals surface area contributed by atoms with Gasteiger partial charge in [-0.15, -0.1) is 0 Å². The highest BCUT2D eigenvalue weighted by molar-refractivity contribution is 5.85. The van der Waals surface area contributed by atoms with E-state index in [0.29, 0.717) is 5.92 Å². The quantitative estimate of drug-likeness (QED) is 0.790. The van der Waals surface area contributed by atoms with Crippen molar-refractivity contribution < 1.29 is 14.7 Å². The Bertz CT molecular complexity index is 328. The highest BCUT2D eigenvalue weighted by atomic mass is 16.4. The van der Waals surface area contributed by atoms with Crippen LogP contribution in [0.4, 0.5) is 0 Å². The molecular formula is C14H23NO3. The van der Waals surface area contributed by atoms with E-state index in [4.69, 9.17) is 5.11 Å². The molecule has 0 radical (unpaired) electrons. The summed E-state index contributed by atoms with van der Waals surface area (Å²) in [5, 5.41) is 11.9. The van der Waals surface area contributed by atoms with Crippen LogP contribution in [0.5, 0.6) is 0 Å². The SMILES string of the molecule is CCC1(C(=O)N[C@H]2CC[C@H](CC(=O)O)CC2)CC1. The Kier molecular flexibility index (Phi) is 3.93. The van der Waals surface area contributed by atoms with Crippen LogP contribution >= 0.6 is 0 Å². The van der Waals surface area contributed by atoms with Gasteiger partial charge in [0, 0.05) is 17.9 Å². The van der Waals surface area contributed by atoms with Crippen LogP contribution in [0, 0.1) is 11.3 Å². The standard InChI is InChI=1S/C14H23NO3/c1-2-14(7-8-14)13(18)15-11-5-3-10(4-6-11)9-12(16)17/h10-11H,2-9H2,1H3,(H,15,18)(H,16,17)/t10-,11-. The fourth-order valence-electron chi connectivity index (χ4n) is 2.99. The third-order valence-electron chi connectivity index (χ3n) is 4.66. The zero-order chi connectivity index (χ0) is 13.2. The van der Waals surface area contributed by atoms with Crippen LogP contribution in [-0.4, -0.2) is 23.0 Å². The van der Waals surface area contributed by atoms with Gasteiger partial charge in [0.1, 0.15) is 0 Å². The fourth-order valence-corrected chi connectivity index (χ4v) is 2.99. The summed E-state index contributed by atoms with van der Waals surface area (Å²) in [6.45, 7) is 2.08. The number of carbonyl (C=O) groups is 2. The lowest BCUT2D eigenvalue weighted by atomic mass is 9.84. The molecule has 0 aromatic carbocycles. The molecular weight excluding hydrogens is 230 g/mol. The first kappa shape index (κ1) is 13.4. The maximum atomic E-state index is 12.1. The highest BCUT2D eigenvalue weighted by Gasteiger charge is 2.48. The predicted molar refractivity (Wildman–Crippen MR) is 68.1 cm³/mol. The van der Waals surface area contributed by atoms with Crippen molar-refractivity contribution in [2.45, 2.75) is 64.3 Å². The number of amides is 1. The van der Waals surface area contributed by atoms with Crippen molar-refractivity contribution in [3.63, 3.8) is 0 Å². The Morgan fingerprint density at radius 2 is 1.83 bits per heavy atom. The van der Waals surface area contributed by atoms with E-state index in [1.165, 1.54) is 0 Å². The lowest BCUT2D eigenvalue weighted by Crippen LogP contribution is -2.41. The highest BCUT2D eigenvalue weighted by Crippen LogP contribution is 2.49. The molecule has 0 saturated heterocycles. The smallest absolute Gasteiger partial charge is 0.303 e. The van der Waals surface area contributed by atoms with E-state index in [2.05, 4.69) is 12.2 Å². The van der Waals surface area contributed by atoms with E-state index >= 15 is 0 Å². The normalized spacial score (nSPS) is 29.6. The summed E-state index contributed by atoms with van der Waals surface area (Å²) in [5.74, 6) is -0.172. The monoisotopic (exact) mass is 253 g/mol. The van der Waals surface area contributed by atoms with Crippen LogP contribution in [0.3, 0.4) is 0 Å². The van der Waals surface area contributed by atoms with Crippen LogP contribution in [0.25, 0.3) is 0 Å². The Morgan fingerprint density at radius 3 is 2.28 bits per heavy atom. The Balaban J connectivity index is 1.73. The molecule has 2 fully saturated rings. The second kappa shape index (κ2) is 5.29. The minimum absolute atomic E-state index is 0.0576. The van der Waals surface area contributed by atoms with Gasteiger partial charge in [-0.25, -0.2) is 0 Å². The zero-order valence-corrected chi connectivity index (χ0v) is 11.1. The van der Waals surface area contributed by atoms with Crippen LogP contribution in [0.15, 0.2) is 0 Å². The van der Waals surface area contributed by atoms with E-state index in [0.717, 1.165) is 44.9 Å². The van der Waals surface area contributed by atoms with Crippen molar-refractivity contribution in [2.24, 2.45) is 11.3 Å². The van der Waals surface area contributed by atoms with Crippen molar-refractivity contribution in [1.29, 1.82) is 0 Å². The topological polar surface area (TPSA) is 66.4 Å². The molecule has 0 atom stereocenters. The van der Waals surface area contributed by atoms with Gasteiger partial charge in [-0.2, -0.15) is 0 Å². The van der Waals surface area contributed by atoms with Crippen molar-refractivity contribution >= 4 is 11.9 Å². The maximum absolute atomic E-state index is 12.1. The number of hydrogen-bond acceptors (Lipinski definition) is 2. The van der Waals surface area contributed by atoms with Crippen molar-refractivity contribution in [3.8, 4) is 0 Å². The minimum atomic E-state index is -0.703. The number of aliphatic carboxylic acids is 1. The molecule has 0 aromatic rings. The Labute approximate surface area is 108 Å². The van der Waals surface area contributed by atoms with Crippen molar-refractivity contribution in [2.75, 3.05) is 0 Å². The first-order valence-corrected chi connectivity index (χ1v) is 7.08.